The first-order chi connectivity index (χ1) is 18.0. The van der Waals surface area contributed by atoms with Crippen molar-refractivity contribution in [2.45, 2.75) is 37.8 Å². The summed E-state index contributed by atoms with van der Waals surface area (Å²) >= 11 is 18.3. The van der Waals surface area contributed by atoms with E-state index in [2.05, 4.69) is 5.32 Å². The van der Waals surface area contributed by atoms with Gasteiger partial charge in [-0.3, -0.25) is 13.9 Å². The summed E-state index contributed by atoms with van der Waals surface area (Å²) in [5.74, 6) is -0.936. The number of carbonyl (C=O) groups is 2. The van der Waals surface area contributed by atoms with Crippen LogP contribution in [0, 0.1) is 0 Å². The molecule has 0 radical (unpaired) electrons. The van der Waals surface area contributed by atoms with E-state index in [9.17, 15) is 18.0 Å². The number of amides is 2. The van der Waals surface area contributed by atoms with Gasteiger partial charge in [0.2, 0.25) is 11.8 Å². The summed E-state index contributed by atoms with van der Waals surface area (Å²) in [6.07, 6.45) is 0.721. The maximum absolute atomic E-state index is 13.8. The second-order valence-electron chi connectivity index (χ2n) is 8.54. The van der Waals surface area contributed by atoms with Gasteiger partial charge in [-0.25, -0.2) is 8.42 Å². The van der Waals surface area contributed by atoms with Gasteiger partial charge < -0.3 is 10.2 Å². The Balaban J connectivity index is 2.01. The van der Waals surface area contributed by atoms with Crippen LogP contribution in [0.2, 0.25) is 15.1 Å². The predicted molar refractivity (Wildman–Crippen MR) is 152 cm³/mol. The Bertz CT molecular complexity index is 1370. The maximum atomic E-state index is 13.8. The van der Waals surface area contributed by atoms with Crippen molar-refractivity contribution in [1.82, 2.24) is 10.2 Å². The summed E-state index contributed by atoms with van der Waals surface area (Å²) in [6, 6.07) is 18.0. The van der Waals surface area contributed by atoms with Crippen molar-refractivity contribution in [1.29, 1.82) is 0 Å². The van der Waals surface area contributed by atoms with E-state index in [0.717, 1.165) is 10.7 Å². The second kappa shape index (κ2) is 13.3. The van der Waals surface area contributed by atoms with E-state index in [4.69, 9.17) is 34.8 Å². The Kier molecular flexibility index (Phi) is 10.4. The number of benzene rings is 3. The van der Waals surface area contributed by atoms with Gasteiger partial charge in [0.05, 0.1) is 20.6 Å². The number of rotatable bonds is 11. The van der Waals surface area contributed by atoms with Crippen LogP contribution in [0.4, 0.5) is 5.69 Å². The molecule has 1 N–H and O–H groups in total. The summed E-state index contributed by atoms with van der Waals surface area (Å²) in [5.41, 5.74) is 0.885. The lowest BCUT2D eigenvalue weighted by atomic mass is 10.1. The number of sulfonamides is 1. The Morgan fingerprint density at radius 2 is 1.58 bits per heavy atom. The molecular weight excluding hydrogens is 569 g/mol. The van der Waals surface area contributed by atoms with Crippen molar-refractivity contribution in [2.24, 2.45) is 0 Å². The standard InChI is InChI=1S/C27H28Cl3N3O4S/c1-3-15-31-27(35)19(2)32(17-20-9-14-24(29)25(30)16-20)26(34)18-33(22-12-10-21(28)11-13-22)38(36,37)23-7-5-4-6-8-23/h4-14,16,19H,3,15,17-18H2,1-2H3,(H,31,35). The van der Waals surface area contributed by atoms with Gasteiger partial charge in [-0.15, -0.1) is 0 Å². The predicted octanol–water partition coefficient (Wildman–Crippen LogP) is 5.79. The zero-order chi connectivity index (χ0) is 27.9. The van der Waals surface area contributed by atoms with Gasteiger partial charge >= 0.3 is 0 Å². The summed E-state index contributed by atoms with van der Waals surface area (Å²) in [7, 11) is -4.14. The zero-order valence-corrected chi connectivity index (χ0v) is 24.0. The highest BCUT2D eigenvalue weighted by atomic mass is 35.5. The van der Waals surface area contributed by atoms with Crippen molar-refractivity contribution >= 4 is 62.3 Å². The molecule has 1 unspecified atom stereocenters. The number of nitrogens with one attached hydrogen (secondary N) is 1. The molecule has 0 aliphatic carbocycles. The highest BCUT2D eigenvalue weighted by Crippen LogP contribution is 2.27. The topological polar surface area (TPSA) is 86.8 Å². The molecule has 0 bridgehead atoms. The minimum absolute atomic E-state index is 0.0102. The average molecular weight is 597 g/mol. The first-order valence-corrected chi connectivity index (χ1v) is 14.5. The normalized spacial score (nSPS) is 12.0. The third-order valence-electron chi connectivity index (χ3n) is 5.78. The largest absolute Gasteiger partial charge is 0.354 e. The van der Waals surface area contributed by atoms with Gasteiger partial charge in [-0.05, 0) is 67.4 Å². The molecule has 0 aromatic heterocycles. The number of nitrogens with zero attached hydrogens (tertiary/aromatic N) is 2. The molecule has 3 aromatic rings. The fourth-order valence-corrected chi connectivity index (χ4v) is 5.55. The lowest BCUT2D eigenvalue weighted by molar-refractivity contribution is -0.139. The van der Waals surface area contributed by atoms with Gasteiger partial charge in [-0.2, -0.15) is 0 Å². The number of anilines is 1. The van der Waals surface area contributed by atoms with Crippen molar-refractivity contribution in [3.8, 4) is 0 Å². The van der Waals surface area contributed by atoms with Gasteiger partial charge in [0.25, 0.3) is 10.0 Å². The van der Waals surface area contributed by atoms with Crippen molar-refractivity contribution in [3.05, 3.63) is 93.4 Å². The molecule has 7 nitrogen and oxygen atoms in total. The molecular formula is C27H28Cl3N3O4S. The van der Waals surface area contributed by atoms with Gasteiger partial charge in [-0.1, -0.05) is 66.0 Å². The molecule has 0 heterocycles. The lowest BCUT2D eigenvalue weighted by Gasteiger charge is -2.32. The summed E-state index contributed by atoms with van der Waals surface area (Å²) in [5, 5.41) is 3.86. The van der Waals surface area contributed by atoms with Crippen LogP contribution in [0.1, 0.15) is 25.8 Å². The van der Waals surface area contributed by atoms with Crippen LogP contribution in [0.5, 0.6) is 0 Å². The van der Waals surface area contributed by atoms with Gasteiger partial charge in [0, 0.05) is 18.1 Å². The highest BCUT2D eigenvalue weighted by Gasteiger charge is 2.32. The quantitative estimate of drug-likeness (QED) is 0.304. The molecule has 202 valence electrons. The molecule has 0 fully saturated rings. The van der Waals surface area contributed by atoms with E-state index >= 15 is 0 Å². The van der Waals surface area contributed by atoms with E-state index in [0.29, 0.717) is 27.2 Å². The molecule has 0 saturated heterocycles. The van der Waals surface area contributed by atoms with Crippen molar-refractivity contribution in [2.75, 3.05) is 17.4 Å². The molecule has 38 heavy (non-hydrogen) atoms. The molecule has 3 rings (SSSR count). The van der Waals surface area contributed by atoms with Crippen LogP contribution in [-0.4, -0.2) is 44.3 Å². The Morgan fingerprint density at radius 3 is 2.18 bits per heavy atom. The zero-order valence-electron chi connectivity index (χ0n) is 20.9. The number of hydrogen-bond acceptors (Lipinski definition) is 4. The monoisotopic (exact) mass is 595 g/mol. The highest BCUT2D eigenvalue weighted by molar-refractivity contribution is 7.92. The second-order valence-corrected chi connectivity index (χ2v) is 11.7. The Labute approximate surface area is 238 Å². The van der Waals surface area contributed by atoms with E-state index in [-0.39, 0.29) is 23.0 Å². The molecule has 0 saturated carbocycles. The first kappa shape index (κ1) is 29.8. The SMILES string of the molecule is CCCNC(=O)C(C)N(Cc1ccc(Cl)c(Cl)c1)C(=O)CN(c1ccc(Cl)cc1)S(=O)(=O)c1ccccc1. The number of hydrogen-bond donors (Lipinski definition) is 1. The van der Waals surface area contributed by atoms with Crippen LogP contribution in [0.15, 0.2) is 77.7 Å². The third-order valence-corrected chi connectivity index (χ3v) is 8.56. The van der Waals surface area contributed by atoms with Crippen LogP contribution < -0.4 is 9.62 Å². The molecule has 0 spiro atoms. The van der Waals surface area contributed by atoms with E-state index in [1.807, 2.05) is 6.92 Å². The molecule has 3 aromatic carbocycles. The minimum Gasteiger partial charge on any atom is -0.354 e. The maximum Gasteiger partial charge on any atom is 0.264 e. The molecule has 0 aliphatic rings. The third kappa shape index (κ3) is 7.41. The average Bonchev–Trinajstić information content (AvgIpc) is 2.91. The summed E-state index contributed by atoms with van der Waals surface area (Å²) < 4.78 is 28.4. The van der Waals surface area contributed by atoms with Crippen LogP contribution >= 0.6 is 34.8 Å². The smallest absolute Gasteiger partial charge is 0.264 e. The summed E-state index contributed by atoms with van der Waals surface area (Å²) in [6.45, 7) is 3.42. The van der Waals surface area contributed by atoms with Crippen LogP contribution in [0.25, 0.3) is 0 Å². The molecule has 11 heteroatoms. The van der Waals surface area contributed by atoms with E-state index in [1.54, 1.807) is 55.5 Å². The van der Waals surface area contributed by atoms with E-state index < -0.39 is 28.5 Å². The first-order valence-electron chi connectivity index (χ1n) is 11.9. The van der Waals surface area contributed by atoms with E-state index in [1.165, 1.54) is 29.2 Å². The van der Waals surface area contributed by atoms with Gasteiger partial charge in [0.1, 0.15) is 12.6 Å². The lowest BCUT2D eigenvalue weighted by Crippen LogP contribution is -2.51. The molecule has 0 aliphatic heterocycles. The fraction of sp³-hybridized carbons (Fsp3) is 0.259. The fourth-order valence-electron chi connectivity index (χ4n) is 3.67. The molecule has 2 amide bonds. The number of carbonyl (C=O) groups excluding carboxylic acids is 2. The Hall–Kier alpha value is -2.78. The number of halogens is 3. The van der Waals surface area contributed by atoms with Crippen LogP contribution in [-0.2, 0) is 26.2 Å². The van der Waals surface area contributed by atoms with Crippen molar-refractivity contribution < 1.29 is 18.0 Å². The van der Waals surface area contributed by atoms with Crippen LogP contribution in [0.3, 0.4) is 0 Å². The van der Waals surface area contributed by atoms with Crippen molar-refractivity contribution in [3.63, 3.8) is 0 Å². The Morgan fingerprint density at radius 1 is 0.921 bits per heavy atom. The molecule has 1 atom stereocenters. The van der Waals surface area contributed by atoms with Gasteiger partial charge in [0.15, 0.2) is 0 Å². The summed E-state index contributed by atoms with van der Waals surface area (Å²) in [4.78, 5) is 28.0. The minimum atomic E-state index is -4.14.